The third kappa shape index (κ3) is 17.4. The molecule has 0 unspecified atom stereocenters. The Morgan fingerprint density at radius 3 is 1.24 bits per heavy atom. The molecule has 1 rings (SSSR count). The van der Waals surface area contributed by atoms with Crippen LogP contribution in [0.4, 0.5) is 0 Å². The molecule has 29 heavy (non-hydrogen) atoms. The van der Waals surface area contributed by atoms with E-state index < -0.39 is 0 Å². The minimum Gasteiger partial charge on any atom is -0.508 e. The van der Waals surface area contributed by atoms with E-state index in [1.807, 2.05) is 12.1 Å². The van der Waals surface area contributed by atoms with Crippen LogP contribution in [0.5, 0.6) is 11.5 Å². The summed E-state index contributed by atoms with van der Waals surface area (Å²) in [7, 11) is 0. The van der Waals surface area contributed by atoms with Crippen LogP contribution in [0.15, 0.2) is 24.3 Å². The van der Waals surface area contributed by atoms with E-state index in [1.165, 1.54) is 116 Å². The SMILES string of the molecule is CCCCCCCCCCCCCCCCCCCCCOc1ccc(O)cc1. The van der Waals surface area contributed by atoms with Gasteiger partial charge >= 0.3 is 0 Å². The summed E-state index contributed by atoms with van der Waals surface area (Å²) in [5.74, 6) is 1.14. The van der Waals surface area contributed by atoms with Crippen molar-refractivity contribution in [3.63, 3.8) is 0 Å². The summed E-state index contributed by atoms with van der Waals surface area (Å²) in [6, 6.07) is 6.99. The van der Waals surface area contributed by atoms with Gasteiger partial charge in [-0.25, -0.2) is 0 Å². The zero-order valence-electron chi connectivity index (χ0n) is 19.3. The molecule has 0 heterocycles. The molecule has 0 saturated carbocycles. The van der Waals surface area contributed by atoms with Gasteiger partial charge in [0.2, 0.25) is 0 Å². The zero-order chi connectivity index (χ0) is 20.8. The number of ether oxygens (including phenoxy) is 1. The van der Waals surface area contributed by atoms with E-state index in [-0.39, 0.29) is 0 Å². The van der Waals surface area contributed by atoms with Gasteiger partial charge in [-0.05, 0) is 30.7 Å². The molecule has 168 valence electrons. The standard InChI is InChI=1S/C27H48O2/c1-2-3-4-5-6-7-8-9-10-11-12-13-14-15-16-17-18-19-20-25-29-27-23-21-26(28)22-24-27/h21-24,28H,2-20,25H2,1H3. The first kappa shape index (κ1) is 25.9. The van der Waals surface area contributed by atoms with Crippen LogP contribution in [-0.2, 0) is 0 Å². The Balaban J connectivity index is 1.69. The van der Waals surface area contributed by atoms with E-state index >= 15 is 0 Å². The highest BCUT2D eigenvalue weighted by molar-refractivity contribution is 5.29. The first-order valence-corrected chi connectivity index (χ1v) is 12.7. The highest BCUT2D eigenvalue weighted by Gasteiger charge is 1.97. The first-order chi connectivity index (χ1) is 14.3. The molecule has 1 N–H and O–H groups in total. The number of hydrogen-bond acceptors (Lipinski definition) is 2. The molecule has 0 aromatic heterocycles. The van der Waals surface area contributed by atoms with Crippen LogP contribution in [0, 0.1) is 0 Å². The summed E-state index contributed by atoms with van der Waals surface area (Å²) in [4.78, 5) is 0. The summed E-state index contributed by atoms with van der Waals surface area (Å²) in [6.45, 7) is 3.07. The maximum absolute atomic E-state index is 9.24. The minimum absolute atomic E-state index is 0.292. The van der Waals surface area contributed by atoms with Crippen molar-refractivity contribution in [3.8, 4) is 11.5 Å². The molecule has 0 atom stereocenters. The Bertz CT molecular complexity index is 440. The molecule has 0 saturated heterocycles. The van der Waals surface area contributed by atoms with E-state index in [2.05, 4.69) is 6.92 Å². The lowest BCUT2D eigenvalue weighted by atomic mass is 10.0. The number of phenolic OH excluding ortho intramolecular Hbond substituents is 1. The third-order valence-electron chi connectivity index (χ3n) is 5.85. The van der Waals surface area contributed by atoms with Crippen molar-refractivity contribution in [2.24, 2.45) is 0 Å². The third-order valence-corrected chi connectivity index (χ3v) is 5.85. The lowest BCUT2D eigenvalue weighted by Crippen LogP contribution is -1.96. The Morgan fingerprint density at radius 1 is 0.517 bits per heavy atom. The lowest BCUT2D eigenvalue weighted by molar-refractivity contribution is 0.303. The normalized spacial score (nSPS) is 11.1. The van der Waals surface area contributed by atoms with Crippen LogP contribution in [0.1, 0.15) is 129 Å². The highest BCUT2D eigenvalue weighted by Crippen LogP contribution is 2.17. The molecular weight excluding hydrogens is 356 g/mol. The van der Waals surface area contributed by atoms with Crippen LogP contribution in [0.3, 0.4) is 0 Å². The largest absolute Gasteiger partial charge is 0.508 e. The van der Waals surface area contributed by atoms with E-state index in [1.54, 1.807) is 12.1 Å². The topological polar surface area (TPSA) is 29.5 Å². The molecule has 0 aliphatic rings. The van der Waals surface area contributed by atoms with Gasteiger partial charge in [-0.2, -0.15) is 0 Å². The minimum atomic E-state index is 0.292. The second kappa shape index (κ2) is 20.1. The number of rotatable bonds is 21. The van der Waals surface area contributed by atoms with Gasteiger partial charge in [0.05, 0.1) is 6.61 Å². The van der Waals surface area contributed by atoms with Crippen LogP contribution in [0.25, 0.3) is 0 Å². The number of phenols is 1. The monoisotopic (exact) mass is 404 g/mol. The molecule has 2 heteroatoms. The smallest absolute Gasteiger partial charge is 0.119 e. The summed E-state index contributed by atoms with van der Waals surface area (Å²) < 4.78 is 5.68. The maximum Gasteiger partial charge on any atom is 0.119 e. The summed E-state index contributed by atoms with van der Waals surface area (Å²) in [5, 5.41) is 9.24. The van der Waals surface area contributed by atoms with Gasteiger partial charge in [-0.1, -0.05) is 122 Å². The fourth-order valence-electron chi connectivity index (χ4n) is 3.91. The second-order valence-electron chi connectivity index (χ2n) is 8.71. The van der Waals surface area contributed by atoms with E-state index in [9.17, 15) is 5.11 Å². The Kier molecular flexibility index (Phi) is 17.9. The molecule has 0 bridgehead atoms. The molecule has 1 aromatic rings. The zero-order valence-corrected chi connectivity index (χ0v) is 19.3. The number of hydrogen-bond donors (Lipinski definition) is 1. The highest BCUT2D eigenvalue weighted by atomic mass is 16.5. The Morgan fingerprint density at radius 2 is 0.862 bits per heavy atom. The maximum atomic E-state index is 9.24. The second-order valence-corrected chi connectivity index (χ2v) is 8.71. The van der Waals surface area contributed by atoms with E-state index in [0.29, 0.717) is 5.75 Å². The molecule has 0 spiro atoms. The number of aromatic hydroxyl groups is 1. The summed E-state index contributed by atoms with van der Waals surface area (Å²) in [6.07, 6.45) is 26.7. The predicted octanol–water partition coefficient (Wildman–Crippen LogP) is 9.20. The van der Waals surface area contributed by atoms with E-state index in [4.69, 9.17) is 4.74 Å². The van der Waals surface area contributed by atoms with Crippen LogP contribution < -0.4 is 4.74 Å². The van der Waals surface area contributed by atoms with Gasteiger partial charge in [0, 0.05) is 0 Å². The Hall–Kier alpha value is -1.18. The number of unbranched alkanes of at least 4 members (excludes halogenated alkanes) is 18. The van der Waals surface area contributed by atoms with Crippen LogP contribution >= 0.6 is 0 Å². The van der Waals surface area contributed by atoms with Crippen LogP contribution in [-0.4, -0.2) is 11.7 Å². The molecule has 0 fully saturated rings. The summed E-state index contributed by atoms with van der Waals surface area (Å²) >= 11 is 0. The molecular formula is C27H48O2. The average Bonchev–Trinajstić information content (AvgIpc) is 2.73. The molecule has 1 aromatic carbocycles. The van der Waals surface area contributed by atoms with Crippen molar-refractivity contribution in [2.75, 3.05) is 6.61 Å². The first-order valence-electron chi connectivity index (χ1n) is 12.7. The van der Waals surface area contributed by atoms with Gasteiger partial charge in [-0.3, -0.25) is 0 Å². The van der Waals surface area contributed by atoms with Crippen molar-refractivity contribution in [2.45, 2.75) is 129 Å². The fourth-order valence-corrected chi connectivity index (χ4v) is 3.91. The quantitative estimate of drug-likeness (QED) is 0.207. The van der Waals surface area contributed by atoms with Gasteiger partial charge in [0.15, 0.2) is 0 Å². The molecule has 0 amide bonds. The lowest BCUT2D eigenvalue weighted by Gasteiger charge is -2.06. The summed E-state index contributed by atoms with van der Waals surface area (Å²) in [5.41, 5.74) is 0. The predicted molar refractivity (Wildman–Crippen MR) is 127 cm³/mol. The molecule has 0 aliphatic heterocycles. The van der Waals surface area contributed by atoms with Gasteiger partial charge in [0.25, 0.3) is 0 Å². The van der Waals surface area contributed by atoms with Crippen molar-refractivity contribution < 1.29 is 9.84 Å². The van der Waals surface area contributed by atoms with E-state index in [0.717, 1.165) is 18.8 Å². The Labute approximate surface area is 181 Å². The molecule has 0 radical (unpaired) electrons. The fraction of sp³-hybridized carbons (Fsp3) is 0.778. The van der Waals surface area contributed by atoms with Gasteiger partial charge < -0.3 is 9.84 Å². The molecule has 0 aliphatic carbocycles. The van der Waals surface area contributed by atoms with Crippen molar-refractivity contribution in [3.05, 3.63) is 24.3 Å². The van der Waals surface area contributed by atoms with Crippen molar-refractivity contribution in [1.82, 2.24) is 0 Å². The molecule has 2 nitrogen and oxygen atoms in total. The van der Waals surface area contributed by atoms with Crippen molar-refractivity contribution in [1.29, 1.82) is 0 Å². The van der Waals surface area contributed by atoms with Crippen LogP contribution in [0.2, 0.25) is 0 Å². The van der Waals surface area contributed by atoms with Gasteiger partial charge in [-0.15, -0.1) is 0 Å². The average molecular weight is 405 g/mol. The number of benzene rings is 1. The van der Waals surface area contributed by atoms with Crippen molar-refractivity contribution >= 4 is 0 Å². The van der Waals surface area contributed by atoms with Gasteiger partial charge in [0.1, 0.15) is 11.5 Å².